The molecule has 1 aromatic rings. The summed E-state index contributed by atoms with van der Waals surface area (Å²) in [7, 11) is 1.71. The van der Waals surface area contributed by atoms with Crippen LogP contribution in [0.2, 0.25) is 5.02 Å². The average molecular weight is 270 g/mol. The minimum Gasteiger partial charge on any atom is -0.508 e. The summed E-state index contributed by atoms with van der Waals surface area (Å²) in [4.78, 5) is 13.8. The molecule has 2 rings (SSSR count). The summed E-state index contributed by atoms with van der Waals surface area (Å²) in [5.74, 6) is -0.167. The minimum absolute atomic E-state index is 0.0354. The summed E-state index contributed by atoms with van der Waals surface area (Å²) < 4.78 is 5.49. The zero-order valence-electron chi connectivity index (χ0n) is 10.2. The molecule has 1 aromatic carbocycles. The van der Waals surface area contributed by atoms with E-state index < -0.39 is 0 Å². The first-order valence-electron chi connectivity index (χ1n) is 5.93. The molecule has 1 heterocycles. The lowest BCUT2D eigenvalue weighted by Crippen LogP contribution is -2.34. The average Bonchev–Trinajstić information content (AvgIpc) is 2.84. The summed E-state index contributed by atoms with van der Waals surface area (Å²) >= 11 is 5.96. The molecule has 1 atom stereocenters. The third-order valence-corrected chi connectivity index (χ3v) is 3.36. The zero-order valence-corrected chi connectivity index (χ0v) is 11.0. The molecule has 0 saturated carbocycles. The van der Waals surface area contributed by atoms with Gasteiger partial charge in [0, 0.05) is 20.2 Å². The Morgan fingerprint density at radius 1 is 1.61 bits per heavy atom. The monoisotopic (exact) mass is 269 g/mol. The highest BCUT2D eigenvalue weighted by Gasteiger charge is 2.22. The standard InChI is InChI=1S/C13H16ClNO3/c1-15(8-10-3-2-6-18-10)13(17)11-7-9(16)4-5-12(11)14/h4-5,7,10,16H,2-3,6,8H2,1H3. The second-order valence-electron chi connectivity index (χ2n) is 4.48. The molecule has 1 fully saturated rings. The van der Waals surface area contributed by atoms with Crippen LogP contribution in [-0.4, -0.2) is 42.2 Å². The van der Waals surface area contributed by atoms with Gasteiger partial charge < -0.3 is 14.7 Å². The van der Waals surface area contributed by atoms with Gasteiger partial charge in [-0.15, -0.1) is 0 Å². The zero-order chi connectivity index (χ0) is 13.1. The second kappa shape index (κ2) is 5.59. The molecule has 1 unspecified atom stereocenters. The van der Waals surface area contributed by atoms with E-state index >= 15 is 0 Å². The summed E-state index contributed by atoms with van der Waals surface area (Å²) in [6.45, 7) is 1.31. The molecule has 0 aliphatic carbocycles. The largest absolute Gasteiger partial charge is 0.508 e. The highest BCUT2D eigenvalue weighted by Crippen LogP contribution is 2.23. The van der Waals surface area contributed by atoms with Crippen LogP contribution < -0.4 is 0 Å². The SMILES string of the molecule is CN(CC1CCCO1)C(=O)c1cc(O)ccc1Cl. The van der Waals surface area contributed by atoms with Crippen molar-refractivity contribution in [3.8, 4) is 5.75 Å². The topological polar surface area (TPSA) is 49.8 Å². The summed E-state index contributed by atoms with van der Waals surface area (Å²) in [6, 6.07) is 4.36. The number of hydrogen-bond donors (Lipinski definition) is 1. The molecule has 4 nitrogen and oxygen atoms in total. The molecule has 1 N–H and O–H groups in total. The van der Waals surface area contributed by atoms with E-state index in [4.69, 9.17) is 16.3 Å². The van der Waals surface area contributed by atoms with Crippen molar-refractivity contribution >= 4 is 17.5 Å². The Morgan fingerprint density at radius 2 is 2.39 bits per heavy atom. The number of carbonyl (C=O) groups excluding carboxylic acids is 1. The molecule has 1 amide bonds. The van der Waals surface area contributed by atoms with Crippen molar-refractivity contribution in [2.24, 2.45) is 0 Å². The molecule has 0 aromatic heterocycles. The van der Waals surface area contributed by atoms with E-state index in [0.29, 0.717) is 17.1 Å². The third-order valence-electron chi connectivity index (χ3n) is 3.03. The van der Waals surface area contributed by atoms with Gasteiger partial charge in [-0.3, -0.25) is 4.79 Å². The number of hydrogen-bond acceptors (Lipinski definition) is 3. The van der Waals surface area contributed by atoms with Crippen molar-refractivity contribution in [2.45, 2.75) is 18.9 Å². The van der Waals surface area contributed by atoms with Gasteiger partial charge in [0.2, 0.25) is 0 Å². The lowest BCUT2D eigenvalue weighted by Gasteiger charge is -2.21. The van der Waals surface area contributed by atoms with E-state index in [2.05, 4.69) is 0 Å². The quantitative estimate of drug-likeness (QED) is 0.916. The van der Waals surface area contributed by atoms with E-state index in [1.807, 2.05) is 0 Å². The van der Waals surface area contributed by atoms with Gasteiger partial charge in [-0.25, -0.2) is 0 Å². The fraction of sp³-hybridized carbons (Fsp3) is 0.462. The first kappa shape index (κ1) is 13.2. The number of amides is 1. The Labute approximate surface area is 111 Å². The van der Waals surface area contributed by atoms with Crippen molar-refractivity contribution in [1.29, 1.82) is 0 Å². The van der Waals surface area contributed by atoms with Crippen molar-refractivity contribution in [2.75, 3.05) is 20.2 Å². The fourth-order valence-electron chi connectivity index (χ4n) is 2.06. The van der Waals surface area contributed by atoms with Crippen molar-refractivity contribution in [3.63, 3.8) is 0 Å². The maximum atomic E-state index is 12.2. The van der Waals surface area contributed by atoms with E-state index in [9.17, 15) is 9.90 Å². The molecule has 5 heteroatoms. The fourth-order valence-corrected chi connectivity index (χ4v) is 2.26. The lowest BCUT2D eigenvalue weighted by molar-refractivity contribution is 0.0587. The smallest absolute Gasteiger partial charge is 0.255 e. The van der Waals surface area contributed by atoms with Crippen LogP contribution in [0.25, 0.3) is 0 Å². The van der Waals surface area contributed by atoms with Crippen LogP contribution in [0.3, 0.4) is 0 Å². The highest BCUT2D eigenvalue weighted by atomic mass is 35.5. The summed E-state index contributed by atoms with van der Waals surface area (Å²) in [5, 5.41) is 9.74. The molecule has 1 aliphatic rings. The van der Waals surface area contributed by atoms with Crippen LogP contribution >= 0.6 is 11.6 Å². The highest BCUT2D eigenvalue weighted by molar-refractivity contribution is 6.33. The Morgan fingerprint density at radius 3 is 3.06 bits per heavy atom. The van der Waals surface area contributed by atoms with Crippen molar-refractivity contribution < 1.29 is 14.6 Å². The number of benzene rings is 1. The summed E-state index contributed by atoms with van der Waals surface area (Å²) in [5.41, 5.74) is 0.317. The van der Waals surface area contributed by atoms with E-state index in [0.717, 1.165) is 19.4 Å². The number of likely N-dealkylation sites (N-methyl/N-ethyl adjacent to an activating group) is 1. The van der Waals surface area contributed by atoms with E-state index in [1.165, 1.54) is 18.2 Å². The Balaban J connectivity index is 2.07. The maximum absolute atomic E-state index is 12.2. The third kappa shape index (κ3) is 2.94. The maximum Gasteiger partial charge on any atom is 0.255 e. The van der Waals surface area contributed by atoms with Crippen LogP contribution in [0.15, 0.2) is 18.2 Å². The first-order chi connectivity index (χ1) is 8.58. The number of ether oxygens (including phenoxy) is 1. The number of phenols is 1. The number of nitrogens with zero attached hydrogens (tertiary/aromatic N) is 1. The Bertz CT molecular complexity index is 444. The molecule has 0 radical (unpaired) electrons. The van der Waals surface area contributed by atoms with Crippen LogP contribution in [0.1, 0.15) is 23.2 Å². The van der Waals surface area contributed by atoms with Crippen LogP contribution in [0.5, 0.6) is 5.75 Å². The lowest BCUT2D eigenvalue weighted by atomic mass is 10.1. The van der Waals surface area contributed by atoms with Gasteiger partial charge in [0.25, 0.3) is 5.91 Å². The number of carbonyl (C=O) groups is 1. The van der Waals surface area contributed by atoms with Crippen molar-refractivity contribution in [1.82, 2.24) is 4.90 Å². The number of aromatic hydroxyl groups is 1. The molecule has 0 spiro atoms. The number of halogens is 1. The predicted molar refractivity (Wildman–Crippen MR) is 69.1 cm³/mol. The number of phenolic OH excluding ortho intramolecular Hbond substituents is 1. The minimum atomic E-state index is -0.202. The Kier molecular flexibility index (Phi) is 4.09. The normalized spacial score (nSPS) is 18.9. The van der Waals surface area contributed by atoms with Gasteiger partial charge in [0.1, 0.15) is 5.75 Å². The van der Waals surface area contributed by atoms with Gasteiger partial charge in [0.05, 0.1) is 16.7 Å². The molecular weight excluding hydrogens is 254 g/mol. The van der Waals surface area contributed by atoms with Gasteiger partial charge in [0.15, 0.2) is 0 Å². The molecule has 0 bridgehead atoms. The van der Waals surface area contributed by atoms with Crippen LogP contribution in [0.4, 0.5) is 0 Å². The molecule has 1 saturated heterocycles. The van der Waals surface area contributed by atoms with Gasteiger partial charge in [-0.1, -0.05) is 11.6 Å². The molecule has 18 heavy (non-hydrogen) atoms. The van der Waals surface area contributed by atoms with Crippen LogP contribution in [0, 0.1) is 0 Å². The molecule has 98 valence electrons. The van der Waals surface area contributed by atoms with E-state index in [1.54, 1.807) is 11.9 Å². The Hall–Kier alpha value is -1.26. The predicted octanol–water partition coefficient (Wildman–Crippen LogP) is 2.30. The molecular formula is C13H16ClNO3. The van der Waals surface area contributed by atoms with Gasteiger partial charge in [-0.05, 0) is 31.0 Å². The first-order valence-corrected chi connectivity index (χ1v) is 6.31. The van der Waals surface area contributed by atoms with Gasteiger partial charge >= 0.3 is 0 Å². The summed E-state index contributed by atoms with van der Waals surface area (Å²) in [6.07, 6.45) is 2.13. The van der Waals surface area contributed by atoms with E-state index in [-0.39, 0.29) is 17.8 Å². The number of rotatable bonds is 3. The second-order valence-corrected chi connectivity index (χ2v) is 4.89. The van der Waals surface area contributed by atoms with Crippen LogP contribution in [-0.2, 0) is 4.74 Å². The van der Waals surface area contributed by atoms with Crippen molar-refractivity contribution in [3.05, 3.63) is 28.8 Å². The van der Waals surface area contributed by atoms with Gasteiger partial charge in [-0.2, -0.15) is 0 Å². The molecule has 1 aliphatic heterocycles.